The van der Waals surface area contributed by atoms with E-state index in [2.05, 4.69) is 29.4 Å². The molecule has 0 saturated carbocycles. The molecule has 0 spiro atoms. The van der Waals surface area contributed by atoms with Crippen molar-refractivity contribution in [2.24, 2.45) is 0 Å². The molecule has 1 aliphatic rings. The monoisotopic (exact) mass is 218 g/mol. The quantitative estimate of drug-likeness (QED) is 0.840. The summed E-state index contributed by atoms with van der Waals surface area (Å²) >= 11 is 0. The zero-order valence-electron chi connectivity index (χ0n) is 10.2. The molecule has 1 aromatic rings. The van der Waals surface area contributed by atoms with Gasteiger partial charge in [-0.25, -0.2) is 0 Å². The van der Waals surface area contributed by atoms with Gasteiger partial charge in [-0.15, -0.1) is 0 Å². The number of nitrogens with zero attached hydrogens (tertiary/aromatic N) is 1. The summed E-state index contributed by atoms with van der Waals surface area (Å²) in [6, 6.07) is 5.04. The fourth-order valence-electron chi connectivity index (χ4n) is 2.48. The maximum atomic E-state index is 4.07. The molecule has 0 bridgehead atoms. The van der Waals surface area contributed by atoms with Gasteiger partial charge in [0.05, 0.1) is 0 Å². The highest BCUT2D eigenvalue weighted by atomic mass is 14.9. The van der Waals surface area contributed by atoms with Crippen molar-refractivity contribution in [3.05, 3.63) is 30.1 Å². The van der Waals surface area contributed by atoms with Crippen LogP contribution in [0.4, 0.5) is 0 Å². The summed E-state index contributed by atoms with van der Waals surface area (Å²) in [6.07, 6.45) is 10.5. The van der Waals surface area contributed by atoms with Crippen LogP contribution in [-0.2, 0) is 0 Å². The minimum atomic E-state index is 0.659. The van der Waals surface area contributed by atoms with Crippen LogP contribution in [0.25, 0.3) is 0 Å². The molecule has 2 atom stereocenters. The Labute approximate surface area is 98.5 Å². The molecular weight excluding hydrogens is 196 g/mol. The minimum Gasteiger partial charge on any atom is -0.314 e. The Morgan fingerprint density at radius 1 is 1.38 bits per heavy atom. The lowest BCUT2D eigenvalue weighted by atomic mass is 9.92. The van der Waals surface area contributed by atoms with Gasteiger partial charge in [0.2, 0.25) is 0 Å². The van der Waals surface area contributed by atoms with Gasteiger partial charge in [-0.1, -0.05) is 13.3 Å². The predicted octanol–water partition coefficient (Wildman–Crippen LogP) is 3.11. The van der Waals surface area contributed by atoms with Crippen LogP contribution in [0.15, 0.2) is 24.5 Å². The number of nitrogens with one attached hydrogen (secondary N) is 1. The first-order chi connectivity index (χ1) is 7.86. The van der Waals surface area contributed by atoms with Gasteiger partial charge in [-0.2, -0.15) is 0 Å². The van der Waals surface area contributed by atoms with E-state index >= 15 is 0 Å². The Hall–Kier alpha value is -0.890. The molecule has 16 heavy (non-hydrogen) atoms. The molecule has 0 amide bonds. The van der Waals surface area contributed by atoms with Gasteiger partial charge >= 0.3 is 0 Å². The summed E-state index contributed by atoms with van der Waals surface area (Å²) in [4.78, 5) is 4.07. The first kappa shape index (κ1) is 11.6. The van der Waals surface area contributed by atoms with E-state index in [9.17, 15) is 0 Å². The molecule has 2 unspecified atom stereocenters. The van der Waals surface area contributed by atoms with Gasteiger partial charge in [0, 0.05) is 18.4 Å². The molecule has 2 heteroatoms. The number of pyridine rings is 1. The molecule has 88 valence electrons. The molecule has 1 aromatic heterocycles. The smallest absolute Gasteiger partial charge is 0.0270 e. The lowest BCUT2D eigenvalue weighted by Gasteiger charge is -2.24. The predicted molar refractivity (Wildman–Crippen MR) is 67.5 cm³/mol. The van der Waals surface area contributed by atoms with E-state index in [0.29, 0.717) is 5.92 Å². The second-order valence-corrected chi connectivity index (χ2v) is 4.91. The van der Waals surface area contributed by atoms with Crippen molar-refractivity contribution in [2.45, 2.75) is 51.0 Å². The molecule has 0 aromatic carbocycles. The average molecular weight is 218 g/mol. The van der Waals surface area contributed by atoms with Crippen LogP contribution in [0.5, 0.6) is 0 Å². The standard InChI is InChI=1S/C14H22N2/c1-12(13-7-10-15-11-8-13)5-6-14-4-2-3-9-16-14/h7-8,10-12,14,16H,2-6,9H2,1H3. The highest BCUT2D eigenvalue weighted by Crippen LogP contribution is 2.22. The maximum absolute atomic E-state index is 4.07. The summed E-state index contributed by atoms with van der Waals surface area (Å²) in [5, 5.41) is 3.61. The molecule has 2 heterocycles. The lowest BCUT2D eigenvalue weighted by molar-refractivity contribution is 0.368. The average Bonchev–Trinajstić information content (AvgIpc) is 2.38. The molecule has 1 saturated heterocycles. The fourth-order valence-corrected chi connectivity index (χ4v) is 2.48. The molecule has 0 aliphatic carbocycles. The van der Waals surface area contributed by atoms with E-state index in [1.165, 1.54) is 44.2 Å². The summed E-state index contributed by atoms with van der Waals surface area (Å²) in [7, 11) is 0. The number of hydrogen-bond donors (Lipinski definition) is 1. The first-order valence-electron chi connectivity index (χ1n) is 6.49. The third kappa shape index (κ3) is 3.31. The first-order valence-corrected chi connectivity index (χ1v) is 6.49. The van der Waals surface area contributed by atoms with Crippen molar-refractivity contribution in [1.82, 2.24) is 10.3 Å². The molecule has 2 nitrogen and oxygen atoms in total. The van der Waals surface area contributed by atoms with Gasteiger partial charge < -0.3 is 5.32 Å². The molecule has 1 N–H and O–H groups in total. The van der Waals surface area contributed by atoms with Crippen molar-refractivity contribution < 1.29 is 0 Å². The van der Waals surface area contributed by atoms with Crippen LogP contribution >= 0.6 is 0 Å². The Kier molecular flexibility index (Phi) is 4.34. The molecular formula is C14H22N2. The van der Waals surface area contributed by atoms with Crippen LogP contribution < -0.4 is 5.32 Å². The van der Waals surface area contributed by atoms with Crippen molar-refractivity contribution in [3.63, 3.8) is 0 Å². The summed E-state index contributed by atoms with van der Waals surface area (Å²) in [6.45, 7) is 3.53. The minimum absolute atomic E-state index is 0.659. The Bertz CT molecular complexity index is 291. The molecule has 0 radical (unpaired) electrons. The second-order valence-electron chi connectivity index (χ2n) is 4.91. The topological polar surface area (TPSA) is 24.9 Å². The van der Waals surface area contributed by atoms with Crippen molar-refractivity contribution in [3.8, 4) is 0 Å². The Morgan fingerprint density at radius 3 is 2.88 bits per heavy atom. The summed E-state index contributed by atoms with van der Waals surface area (Å²) < 4.78 is 0. The van der Waals surface area contributed by atoms with Crippen LogP contribution in [0.2, 0.25) is 0 Å². The fraction of sp³-hybridized carbons (Fsp3) is 0.643. The lowest BCUT2D eigenvalue weighted by Crippen LogP contribution is -2.34. The van der Waals surface area contributed by atoms with Crippen LogP contribution in [0, 0.1) is 0 Å². The van der Waals surface area contributed by atoms with E-state index in [-0.39, 0.29) is 0 Å². The zero-order valence-corrected chi connectivity index (χ0v) is 10.2. The van der Waals surface area contributed by atoms with E-state index in [0.717, 1.165) is 6.04 Å². The van der Waals surface area contributed by atoms with E-state index in [1.807, 2.05) is 12.4 Å². The number of hydrogen-bond acceptors (Lipinski definition) is 2. The highest BCUT2D eigenvalue weighted by molar-refractivity contribution is 5.14. The van der Waals surface area contributed by atoms with Gasteiger partial charge in [0.1, 0.15) is 0 Å². The number of rotatable bonds is 4. The second kappa shape index (κ2) is 6.00. The van der Waals surface area contributed by atoms with Gasteiger partial charge in [0.25, 0.3) is 0 Å². The van der Waals surface area contributed by atoms with Crippen molar-refractivity contribution >= 4 is 0 Å². The van der Waals surface area contributed by atoms with Gasteiger partial charge in [0.15, 0.2) is 0 Å². The van der Waals surface area contributed by atoms with E-state index in [4.69, 9.17) is 0 Å². The number of piperidine rings is 1. The van der Waals surface area contributed by atoms with E-state index < -0.39 is 0 Å². The SMILES string of the molecule is CC(CCC1CCCCN1)c1ccncc1. The van der Waals surface area contributed by atoms with Gasteiger partial charge in [-0.05, 0) is 55.8 Å². The Morgan fingerprint density at radius 2 is 2.19 bits per heavy atom. The van der Waals surface area contributed by atoms with Crippen molar-refractivity contribution in [2.75, 3.05) is 6.54 Å². The normalized spacial score (nSPS) is 22.9. The summed E-state index contributed by atoms with van der Waals surface area (Å²) in [5.41, 5.74) is 1.42. The van der Waals surface area contributed by atoms with Crippen LogP contribution in [0.3, 0.4) is 0 Å². The summed E-state index contributed by atoms with van der Waals surface area (Å²) in [5.74, 6) is 0.659. The zero-order chi connectivity index (χ0) is 11.2. The largest absolute Gasteiger partial charge is 0.314 e. The van der Waals surface area contributed by atoms with Crippen LogP contribution in [0.1, 0.15) is 50.5 Å². The molecule has 2 rings (SSSR count). The Balaban J connectivity index is 1.77. The van der Waals surface area contributed by atoms with Crippen molar-refractivity contribution in [1.29, 1.82) is 0 Å². The number of aromatic nitrogens is 1. The van der Waals surface area contributed by atoms with Gasteiger partial charge in [-0.3, -0.25) is 4.98 Å². The van der Waals surface area contributed by atoms with Crippen LogP contribution in [-0.4, -0.2) is 17.6 Å². The highest BCUT2D eigenvalue weighted by Gasteiger charge is 2.14. The third-order valence-electron chi connectivity index (χ3n) is 3.64. The third-order valence-corrected chi connectivity index (χ3v) is 3.64. The maximum Gasteiger partial charge on any atom is 0.0270 e. The molecule has 1 fully saturated rings. The molecule has 1 aliphatic heterocycles. The van der Waals surface area contributed by atoms with E-state index in [1.54, 1.807) is 0 Å².